The highest BCUT2D eigenvalue weighted by molar-refractivity contribution is 7.87. The monoisotopic (exact) mass is 249 g/mol. The van der Waals surface area contributed by atoms with Crippen LogP contribution in [0.15, 0.2) is 0 Å². The zero-order chi connectivity index (χ0) is 12.6. The van der Waals surface area contributed by atoms with Crippen LogP contribution in [-0.4, -0.2) is 45.6 Å². The van der Waals surface area contributed by atoms with Crippen LogP contribution in [0, 0.1) is 11.3 Å². The molecule has 0 unspecified atom stereocenters. The molecule has 0 spiro atoms. The van der Waals surface area contributed by atoms with E-state index in [4.69, 9.17) is 10.00 Å². The van der Waals surface area contributed by atoms with E-state index in [-0.39, 0.29) is 25.6 Å². The van der Waals surface area contributed by atoms with Crippen molar-refractivity contribution in [1.29, 1.82) is 5.26 Å². The first-order valence-corrected chi connectivity index (χ1v) is 6.52. The fraction of sp³-hybridized carbons (Fsp3) is 0.889. The molecule has 0 rings (SSSR count). The lowest BCUT2D eigenvalue weighted by Gasteiger charge is -2.24. The number of rotatable bonds is 8. The zero-order valence-corrected chi connectivity index (χ0v) is 10.7. The predicted molar refractivity (Wildman–Crippen MR) is 60.9 cm³/mol. The van der Waals surface area contributed by atoms with Gasteiger partial charge in [0.2, 0.25) is 0 Å². The van der Waals surface area contributed by atoms with Crippen LogP contribution in [0.1, 0.15) is 20.3 Å². The first kappa shape index (κ1) is 15.3. The molecule has 0 radical (unpaired) electrons. The van der Waals surface area contributed by atoms with Crippen LogP contribution < -0.4 is 4.72 Å². The molecule has 0 bridgehead atoms. The Hall–Kier alpha value is -0.680. The molecule has 0 fully saturated rings. The van der Waals surface area contributed by atoms with Gasteiger partial charge in [-0.05, 0) is 13.8 Å². The SMILES string of the molecule is COCCNS(=O)(=O)N(CCC#N)C(C)C. The lowest BCUT2D eigenvalue weighted by atomic mass is 10.3. The standard InChI is InChI=1S/C9H19N3O3S/c1-9(2)12(7-4-5-10)16(13,14)11-6-8-15-3/h9,11H,4,6-8H2,1-3H3. The minimum Gasteiger partial charge on any atom is -0.383 e. The van der Waals surface area contributed by atoms with Gasteiger partial charge in [0.05, 0.1) is 12.7 Å². The molecule has 0 amide bonds. The highest BCUT2D eigenvalue weighted by atomic mass is 32.2. The van der Waals surface area contributed by atoms with Crippen LogP contribution in [0.2, 0.25) is 0 Å². The lowest BCUT2D eigenvalue weighted by Crippen LogP contribution is -2.45. The minimum absolute atomic E-state index is 0.173. The van der Waals surface area contributed by atoms with Crippen LogP contribution in [0.25, 0.3) is 0 Å². The molecule has 0 aliphatic carbocycles. The maximum absolute atomic E-state index is 11.8. The molecule has 1 N–H and O–H groups in total. The molecule has 6 nitrogen and oxygen atoms in total. The van der Waals surface area contributed by atoms with Crippen molar-refractivity contribution in [3.63, 3.8) is 0 Å². The molecule has 0 aromatic carbocycles. The summed E-state index contributed by atoms with van der Waals surface area (Å²) in [5.41, 5.74) is 0. The predicted octanol–water partition coefficient (Wildman–Crippen LogP) is 0.0913. The number of nitrogens with zero attached hydrogens (tertiary/aromatic N) is 2. The van der Waals surface area contributed by atoms with Gasteiger partial charge in [-0.25, -0.2) is 0 Å². The summed E-state index contributed by atoms with van der Waals surface area (Å²) in [6.45, 7) is 4.30. The van der Waals surface area contributed by atoms with Gasteiger partial charge in [0.15, 0.2) is 0 Å². The number of methoxy groups -OCH3 is 1. The van der Waals surface area contributed by atoms with E-state index in [1.54, 1.807) is 13.8 Å². The van der Waals surface area contributed by atoms with E-state index in [0.717, 1.165) is 0 Å². The fourth-order valence-corrected chi connectivity index (χ4v) is 2.57. The second kappa shape index (κ2) is 7.57. The Morgan fingerprint density at radius 3 is 2.56 bits per heavy atom. The Morgan fingerprint density at radius 1 is 1.50 bits per heavy atom. The van der Waals surface area contributed by atoms with Crippen molar-refractivity contribution < 1.29 is 13.2 Å². The zero-order valence-electron chi connectivity index (χ0n) is 9.93. The molecule has 94 valence electrons. The summed E-state index contributed by atoms with van der Waals surface area (Å²) in [4.78, 5) is 0. The van der Waals surface area contributed by atoms with E-state index in [1.165, 1.54) is 11.4 Å². The Labute approximate surface area is 97.4 Å². The summed E-state index contributed by atoms with van der Waals surface area (Å²) in [7, 11) is -2.01. The normalized spacial score (nSPS) is 12.0. The summed E-state index contributed by atoms with van der Waals surface area (Å²) < 4.78 is 32.0. The molecular weight excluding hydrogens is 230 g/mol. The molecule has 7 heteroatoms. The highest BCUT2D eigenvalue weighted by Gasteiger charge is 2.23. The van der Waals surface area contributed by atoms with Crippen LogP contribution in [-0.2, 0) is 14.9 Å². The van der Waals surface area contributed by atoms with Crippen LogP contribution >= 0.6 is 0 Å². The molecule has 0 atom stereocenters. The van der Waals surface area contributed by atoms with Crippen molar-refractivity contribution in [2.45, 2.75) is 26.3 Å². The topological polar surface area (TPSA) is 82.4 Å². The molecule has 16 heavy (non-hydrogen) atoms. The third kappa shape index (κ3) is 5.42. The summed E-state index contributed by atoms with van der Waals surface area (Å²) in [6, 6.07) is 1.76. The number of nitriles is 1. The van der Waals surface area contributed by atoms with Gasteiger partial charge in [0, 0.05) is 32.7 Å². The Kier molecular flexibility index (Phi) is 7.25. The van der Waals surface area contributed by atoms with Gasteiger partial charge in [0.25, 0.3) is 10.2 Å². The van der Waals surface area contributed by atoms with E-state index < -0.39 is 10.2 Å². The number of ether oxygens (including phenoxy) is 1. The average Bonchev–Trinajstić information content (AvgIpc) is 2.17. The van der Waals surface area contributed by atoms with Crippen LogP contribution in [0.5, 0.6) is 0 Å². The first-order chi connectivity index (χ1) is 7.45. The number of hydrogen-bond donors (Lipinski definition) is 1. The minimum atomic E-state index is -3.51. The van der Waals surface area contributed by atoms with Gasteiger partial charge < -0.3 is 4.74 Å². The summed E-state index contributed by atoms with van der Waals surface area (Å²) in [6.07, 6.45) is 0.184. The summed E-state index contributed by atoms with van der Waals surface area (Å²) >= 11 is 0. The molecule has 0 aliphatic rings. The van der Waals surface area contributed by atoms with Crippen molar-refractivity contribution in [2.24, 2.45) is 0 Å². The molecule has 0 aromatic rings. The van der Waals surface area contributed by atoms with Crippen LogP contribution in [0.4, 0.5) is 0 Å². The van der Waals surface area contributed by atoms with Crippen molar-refractivity contribution >= 4 is 10.2 Å². The van der Waals surface area contributed by atoms with Gasteiger partial charge in [-0.3, -0.25) is 0 Å². The van der Waals surface area contributed by atoms with Gasteiger partial charge >= 0.3 is 0 Å². The van der Waals surface area contributed by atoms with E-state index in [9.17, 15) is 8.42 Å². The van der Waals surface area contributed by atoms with Crippen molar-refractivity contribution in [3.05, 3.63) is 0 Å². The van der Waals surface area contributed by atoms with E-state index >= 15 is 0 Å². The first-order valence-electron chi connectivity index (χ1n) is 5.08. The van der Waals surface area contributed by atoms with Crippen molar-refractivity contribution in [3.8, 4) is 6.07 Å². The molecule has 0 saturated carbocycles. The Bertz CT molecular complexity index is 321. The third-order valence-electron chi connectivity index (χ3n) is 1.92. The maximum atomic E-state index is 11.8. The Morgan fingerprint density at radius 2 is 2.12 bits per heavy atom. The second-order valence-electron chi connectivity index (χ2n) is 3.50. The summed E-state index contributed by atoms with van der Waals surface area (Å²) in [5.74, 6) is 0. The smallest absolute Gasteiger partial charge is 0.279 e. The van der Waals surface area contributed by atoms with Gasteiger partial charge in [-0.1, -0.05) is 0 Å². The highest BCUT2D eigenvalue weighted by Crippen LogP contribution is 2.05. The van der Waals surface area contributed by atoms with Crippen molar-refractivity contribution in [2.75, 3.05) is 26.8 Å². The van der Waals surface area contributed by atoms with Crippen molar-refractivity contribution in [1.82, 2.24) is 9.03 Å². The molecule has 0 heterocycles. The quantitative estimate of drug-likeness (QED) is 0.618. The second-order valence-corrected chi connectivity index (χ2v) is 5.21. The third-order valence-corrected chi connectivity index (χ3v) is 3.71. The fourth-order valence-electron chi connectivity index (χ4n) is 1.17. The van der Waals surface area contributed by atoms with Crippen LogP contribution in [0.3, 0.4) is 0 Å². The number of nitrogens with one attached hydrogen (secondary N) is 1. The average molecular weight is 249 g/mol. The Balaban J connectivity index is 4.45. The van der Waals surface area contributed by atoms with Gasteiger partial charge in [-0.2, -0.15) is 22.7 Å². The number of hydrogen-bond acceptors (Lipinski definition) is 4. The van der Waals surface area contributed by atoms with Gasteiger partial charge in [-0.15, -0.1) is 0 Å². The summed E-state index contributed by atoms with van der Waals surface area (Å²) in [5, 5.41) is 8.46. The molecular formula is C9H19N3O3S. The van der Waals surface area contributed by atoms with E-state index in [2.05, 4.69) is 4.72 Å². The van der Waals surface area contributed by atoms with E-state index in [0.29, 0.717) is 6.61 Å². The maximum Gasteiger partial charge on any atom is 0.279 e. The molecule has 0 saturated heterocycles. The van der Waals surface area contributed by atoms with E-state index in [1.807, 2.05) is 6.07 Å². The molecule has 0 aliphatic heterocycles. The largest absolute Gasteiger partial charge is 0.383 e. The van der Waals surface area contributed by atoms with Gasteiger partial charge in [0.1, 0.15) is 0 Å². The lowest BCUT2D eigenvalue weighted by molar-refractivity contribution is 0.203. The molecule has 0 aromatic heterocycles.